The zero-order valence-electron chi connectivity index (χ0n) is 7.04. The first-order valence-corrected chi connectivity index (χ1v) is 3.86. The summed E-state index contributed by atoms with van der Waals surface area (Å²) in [6.07, 6.45) is -2.98. The van der Waals surface area contributed by atoms with Crippen molar-refractivity contribution in [2.45, 2.75) is 6.18 Å². The number of halogens is 3. The Labute approximate surface area is 78.0 Å². The second kappa shape index (κ2) is 2.73. The Balaban J connectivity index is 2.75. The fourth-order valence-electron chi connectivity index (χ4n) is 1.28. The van der Waals surface area contributed by atoms with Gasteiger partial charge in [-0.05, 0) is 19.1 Å². The lowest BCUT2D eigenvalue weighted by molar-refractivity contribution is -0.141. The van der Waals surface area contributed by atoms with Gasteiger partial charge in [-0.1, -0.05) is 6.07 Å². The van der Waals surface area contributed by atoms with E-state index in [0.717, 1.165) is 0 Å². The summed E-state index contributed by atoms with van der Waals surface area (Å²) in [7, 11) is 0. The highest BCUT2D eigenvalue weighted by Crippen LogP contribution is 2.31. The molecule has 0 atom stereocenters. The summed E-state index contributed by atoms with van der Waals surface area (Å²) in [5.41, 5.74) is -0.637. The van der Waals surface area contributed by atoms with Crippen LogP contribution in [0.15, 0.2) is 24.4 Å². The van der Waals surface area contributed by atoms with Gasteiger partial charge >= 0.3 is 6.18 Å². The van der Waals surface area contributed by atoms with Gasteiger partial charge in [0.25, 0.3) is 0 Å². The Bertz CT molecular complexity index is 470. The van der Waals surface area contributed by atoms with Gasteiger partial charge in [-0.25, -0.2) is 4.52 Å². The Morgan fingerprint density at radius 2 is 2.00 bits per heavy atom. The summed E-state index contributed by atoms with van der Waals surface area (Å²) in [6, 6.07) is 4.80. The molecule has 2 rings (SSSR count). The van der Waals surface area contributed by atoms with Gasteiger partial charge in [-0.15, -0.1) is 0 Å². The maximum Gasteiger partial charge on any atom is 0.435 e. The fraction of sp³-hybridized carbons (Fsp3) is 0.111. The lowest BCUT2D eigenvalue weighted by Gasteiger charge is -2.01. The molecule has 0 spiro atoms. The largest absolute Gasteiger partial charge is 0.435 e. The van der Waals surface area contributed by atoms with Crippen LogP contribution in [0.25, 0.3) is 5.52 Å². The van der Waals surface area contributed by atoms with Crippen molar-refractivity contribution in [3.05, 3.63) is 42.6 Å². The maximum absolute atomic E-state index is 12.4. The number of pyridine rings is 1. The highest BCUT2D eigenvalue weighted by atomic mass is 19.4. The SMILES string of the molecule is [CH2]c1c(C(F)(F)F)nn2ccccc12. The van der Waals surface area contributed by atoms with Gasteiger partial charge in [0.05, 0.1) is 5.52 Å². The summed E-state index contributed by atoms with van der Waals surface area (Å²) < 4.78 is 38.3. The van der Waals surface area contributed by atoms with Crippen LogP contribution in [0, 0.1) is 6.92 Å². The average Bonchev–Trinajstić information content (AvgIpc) is 2.44. The highest BCUT2D eigenvalue weighted by molar-refractivity contribution is 5.58. The number of rotatable bonds is 0. The Hall–Kier alpha value is -1.52. The lowest BCUT2D eigenvalue weighted by atomic mass is 10.2. The minimum absolute atomic E-state index is 0.0851. The first-order chi connectivity index (χ1) is 6.50. The zero-order chi connectivity index (χ0) is 10.3. The average molecular weight is 199 g/mol. The Morgan fingerprint density at radius 1 is 1.29 bits per heavy atom. The summed E-state index contributed by atoms with van der Waals surface area (Å²) in [5, 5.41) is 3.41. The number of hydrogen-bond acceptors (Lipinski definition) is 1. The molecule has 2 nitrogen and oxygen atoms in total. The van der Waals surface area contributed by atoms with Gasteiger partial charge < -0.3 is 0 Å². The van der Waals surface area contributed by atoms with Crippen molar-refractivity contribution in [3.63, 3.8) is 0 Å². The van der Waals surface area contributed by atoms with E-state index in [1.165, 1.54) is 10.7 Å². The first kappa shape index (κ1) is 9.05. The van der Waals surface area contributed by atoms with Crippen LogP contribution in [0.3, 0.4) is 0 Å². The number of fused-ring (bicyclic) bond motifs is 1. The monoisotopic (exact) mass is 199 g/mol. The molecule has 2 aromatic heterocycles. The van der Waals surface area contributed by atoms with Crippen molar-refractivity contribution < 1.29 is 13.2 Å². The van der Waals surface area contributed by atoms with Gasteiger partial charge in [0, 0.05) is 11.8 Å². The van der Waals surface area contributed by atoms with E-state index in [9.17, 15) is 13.2 Å². The molecule has 0 fully saturated rings. The number of hydrogen-bond donors (Lipinski definition) is 0. The molecule has 5 heteroatoms. The van der Waals surface area contributed by atoms with Crippen LogP contribution in [-0.2, 0) is 6.18 Å². The Morgan fingerprint density at radius 3 is 2.57 bits per heavy atom. The van der Waals surface area contributed by atoms with E-state index in [0.29, 0.717) is 5.52 Å². The normalized spacial score (nSPS) is 12.3. The molecular formula is C9H6F3N2. The van der Waals surface area contributed by atoms with Crippen LogP contribution in [0.5, 0.6) is 0 Å². The topological polar surface area (TPSA) is 17.3 Å². The van der Waals surface area contributed by atoms with Gasteiger partial charge in [-0.3, -0.25) is 0 Å². The second-order valence-electron chi connectivity index (χ2n) is 2.86. The molecule has 0 N–H and O–H groups in total. The van der Waals surface area contributed by atoms with Crippen molar-refractivity contribution in [2.24, 2.45) is 0 Å². The van der Waals surface area contributed by atoms with Gasteiger partial charge in [0.1, 0.15) is 0 Å². The standard InChI is InChI=1S/C9H6F3N2/c1-6-7-4-2-3-5-14(7)13-8(6)9(10,11)12/h2-5H,1H2. The van der Waals surface area contributed by atoms with Gasteiger partial charge in [-0.2, -0.15) is 18.3 Å². The molecule has 73 valence electrons. The molecule has 0 aliphatic rings. The molecule has 0 aromatic carbocycles. The third-order valence-electron chi connectivity index (χ3n) is 1.91. The van der Waals surface area contributed by atoms with E-state index >= 15 is 0 Å². The van der Waals surface area contributed by atoms with Crippen LogP contribution in [0.4, 0.5) is 13.2 Å². The van der Waals surface area contributed by atoms with Crippen molar-refractivity contribution in [3.8, 4) is 0 Å². The van der Waals surface area contributed by atoms with Crippen molar-refractivity contribution in [1.29, 1.82) is 0 Å². The predicted molar refractivity (Wildman–Crippen MR) is 44.7 cm³/mol. The second-order valence-corrected chi connectivity index (χ2v) is 2.86. The Kier molecular flexibility index (Phi) is 1.77. The van der Waals surface area contributed by atoms with E-state index in [1.54, 1.807) is 18.2 Å². The molecule has 0 saturated carbocycles. The molecule has 0 saturated heterocycles. The molecule has 1 radical (unpaired) electrons. The van der Waals surface area contributed by atoms with Crippen LogP contribution in [0.1, 0.15) is 11.3 Å². The number of nitrogens with zero attached hydrogens (tertiary/aromatic N) is 2. The third-order valence-corrected chi connectivity index (χ3v) is 1.91. The van der Waals surface area contributed by atoms with Crippen molar-refractivity contribution >= 4 is 5.52 Å². The maximum atomic E-state index is 12.4. The summed E-state index contributed by atoms with van der Waals surface area (Å²) in [5.74, 6) is 0. The molecule has 2 heterocycles. The number of alkyl halides is 3. The minimum atomic E-state index is -4.44. The van der Waals surface area contributed by atoms with Gasteiger partial charge in [0.15, 0.2) is 5.69 Å². The minimum Gasteiger partial charge on any atom is -0.240 e. The van der Waals surface area contributed by atoms with Crippen molar-refractivity contribution in [1.82, 2.24) is 9.61 Å². The zero-order valence-corrected chi connectivity index (χ0v) is 7.04. The van der Waals surface area contributed by atoms with E-state index in [1.807, 2.05) is 0 Å². The van der Waals surface area contributed by atoms with E-state index < -0.39 is 11.9 Å². The smallest absolute Gasteiger partial charge is 0.240 e. The summed E-state index contributed by atoms with van der Waals surface area (Å²) >= 11 is 0. The molecule has 0 bridgehead atoms. The molecule has 0 aliphatic carbocycles. The molecule has 2 aromatic rings. The van der Waals surface area contributed by atoms with E-state index in [-0.39, 0.29) is 5.56 Å². The fourth-order valence-corrected chi connectivity index (χ4v) is 1.28. The van der Waals surface area contributed by atoms with Crippen LogP contribution < -0.4 is 0 Å². The predicted octanol–water partition coefficient (Wildman–Crippen LogP) is 2.54. The molecule has 14 heavy (non-hydrogen) atoms. The number of aromatic nitrogens is 2. The summed E-state index contributed by atoms with van der Waals surface area (Å²) in [6.45, 7) is 3.37. The van der Waals surface area contributed by atoms with Crippen LogP contribution in [0.2, 0.25) is 0 Å². The van der Waals surface area contributed by atoms with Crippen LogP contribution >= 0.6 is 0 Å². The molecule has 0 amide bonds. The third kappa shape index (κ3) is 1.25. The van der Waals surface area contributed by atoms with E-state index in [4.69, 9.17) is 0 Å². The molecule has 0 unspecified atom stereocenters. The quantitative estimate of drug-likeness (QED) is 0.637. The summed E-state index contributed by atoms with van der Waals surface area (Å²) in [4.78, 5) is 0. The van der Waals surface area contributed by atoms with Gasteiger partial charge in [0.2, 0.25) is 0 Å². The van der Waals surface area contributed by atoms with Crippen molar-refractivity contribution in [2.75, 3.05) is 0 Å². The first-order valence-electron chi connectivity index (χ1n) is 3.86. The van der Waals surface area contributed by atoms with Crippen LogP contribution in [-0.4, -0.2) is 9.61 Å². The van der Waals surface area contributed by atoms with E-state index in [2.05, 4.69) is 12.0 Å². The lowest BCUT2D eigenvalue weighted by Crippen LogP contribution is -2.07. The molecule has 0 aliphatic heterocycles. The molecular weight excluding hydrogens is 193 g/mol. The highest BCUT2D eigenvalue weighted by Gasteiger charge is 2.36.